The lowest BCUT2D eigenvalue weighted by atomic mass is 10.1. The Kier molecular flexibility index (Phi) is 5.22. The van der Waals surface area contributed by atoms with Crippen molar-refractivity contribution in [1.82, 2.24) is 10.6 Å². The Labute approximate surface area is 117 Å². The van der Waals surface area contributed by atoms with Crippen molar-refractivity contribution >= 4 is 17.7 Å². The van der Waals surface area contributed by atoms with Crippen LogP contribution in [0.1, 0.15) is 11.1 Å². The Balaban J connectivity index is 1.78. The number of thioether (sulfide) groups is 1. The van der Waals surface area contributed by atoms with Gasteiger partial charge in [0.05, 0.1) is 6.04 Å². The van der Waals surface area contributed by atoms with Crippen molar-refractivity contribution in [2.75, 3.05) is 24.6 Å². The normalized spacial score (nSPS) is 19.2. The second kappa shape index (κ2) is 6.91. The molecule has 1 heterocycles. The molecule has 1 atom stereocenters. The topological polar surface area (TPSA) is 41.1 Å². The zero-order chi connectivity index (χ0) is 13.7. The van der Waals surface area contributed by atoms with E-state index in [0.717, 1.165) is 35.6 Å². The van der Waals surface area contributed by atoms with Crippen LogP contribution in [0.2, 0.25) is 0 Å². The number of hydrogen-bond donors (Lipinski definition) is 2. The van der Waals surface area contributed by atoms with Crippen LogP contribution in [0.4, 0.5) is 4.39 Å². The quantitative estimate of drug-likeness (QED) is 0.879. The molecule has 1 aromatic carbocycles. The lowest BCUT2D eigenvalue weighted by Crippen LogP contribution is -2.49. The van der Waals surface area contributed by atoms with E-state index in [2.05, 4.69) is 10.6 Å². The predicted molar refractivity (Wildman–Crippen MR) is 77.0 cm³/mol. The molecule has 0 spiro atoms. The van der Waals surface area contributed by atoms with E-state index in [1.807, 2.05) is 6.92 Å². The summed E-state index contributed by atoms with van der Waals surface area (Å²) in [5, 5.41) is 6.14. The first-order valence-corrected chi connectivity index (χ1v) is 7.66. The van der Waals surface area contributed by atoms with Crippen LogP contribution in [0.3, 0.4) is 0 Å². The van der Waals surface area contributed by atoms with E-state index in [-0.39, 0.29) is 17.8 Å². The van der Waals surface area contributed by atoms with Gasteiger partial charge < -0.3 is 10.6 Å². The van der Waals surface area contributed by atoms with Crippen molar-refractivity contribution in [2.45, 2.75) is 19.4 Å². The number of amides is 1. The first-order valence-electron chi connectivity index (χ1n) is 6.50. The molecular formula is C14H19FN2OS. The smallest absolute Gasteiger partial charge is 0.238 e. The zero-order valence-electron chi connectivity index (χ0n) is 11.0. The fourth-order valence-corrected chi connectivity index (χ4v) is 3.05. The Hall–Kier alpha value is -1.07. The average Bonchev–Trinajstić information content (AvgIpc) is 2.42. The van der Waals surface area contributed by atoms with Crippen LogP contribution < -0.4 is 10.6 Å². The molecule has 2 rings (SSSR count). The number of rotatable bonds is 4. The van der Waals surface area contributed by atoms with Crippen molar-refractivity contribution in [1.29, 1.82) is 0 Å². The van der Waals surface area contributed by atoms with Crippen molar-refractivity contribution in [3.63, 3.8) is 0 Å². The van der Waals surface area contributed by atoms with Gasteiger partial charge in [-0.15, -0.1) is 0 Å². The van der Waals surface area contributed by atoms with Crippen LogP contribution in [0, 0.1) is 12.7 Å². The molecule has 5 heteroatoms. The molecule has 2 N–H and O–H groups in total. The number of carbonyl (C=O) groups is 1. The minimum absolute atomic E-state index is 0.0620. The average molecular weight is 282 g/mol. The minimum atomic E-state index is -0.214. The van der Waals surface area contributed by atoms with E-state index in [1.54, 1.807) is 17.8 Å². The molecule has 1 aromatic rings. The monoisotopic (exact) mass is 282 g/mol. The lowest BCUT2D eigenvalue weighted by Gasteiger charge is -2.22. The largest absolute Gasteiger partial charge is 0.354 e. The third-order valence-electron chi connectivity index (χ3n) is 3.24. The summed E-state index contributed by atoms with van der Waals surface area (Å²) in [7, 11) is 0. The first-order chi connectivity index (χ1) is 9.16. The Bertz CT molecular complexity index is 447. The van der Waals surface area contributed by atoms with E-state index in [4.69, 9.17) is 0 Å². The lowest BCUT2D eigenvalue weighted by molar-refractivity contribution is -0.122. The van der Waals surface area contributed by atoms with Gasteiger partial charge in [-0.05, 0) is 36.6 Å². The molecule has 19 heavy (non-hydrogen) atoms. The molecular weight excluding hydrogens is 263 g/mol. The zero-order valence-corrected chi connectivity index (χ0v) is 11.9. The van der Waals surface area contributed by atoms with Crippen LogP contribution in [-0.2, 0) is 11.2 Å². The number of benzene rings is 1. The summed E-state index contributed by atoms with van der Waals surface area (Å²) in [5.41, 5.74) is 2.01. The minimum Gasteiger partial charge on any atom is -0.354 e. The second-order valence-electron chi connectivity index (χ2n) is 4.69. The maximum atomic E-state index is 13.0. The summed E-state index contributed by atoms with van der Waals surface area (Å²) < 4.78 is 13.0. The van der Waals surface area contributed by atoms with Crippen molar-refractivity contribution in [3.8, 4) is 0 Å². The van der Waals surface area contributed by atoms with Gasteiger partial charge in [0.15, 0.2) is 0 Å². The summed E-state index contributed by atoms with van der Waals surface area (Å²) in [4.78, 5) is 11.9. The molecule has 0 bridgehead atoms. The highest BCUT2D eigenvalue weighted by molar-refractivity contribution is 7.99. The second-order valence-corrected chi connectivity index (χ2v) is 5.84. The number of halogens is 1. The maximum absolute atomic E-state index is 13.0. The van der Waals surface area contributed by atoms with Gasteiger partial charge in [-0.2, -0.15) is 11.8 Å². The highest BCUT2D eigenvalue weighted by Crippen LogP contribution is 2.11. The van der Waals surface area contributed by atoms with Gasteiger partial charge in [0, 0.05) is 24.6 Å². The summed E-state index contributed by atoms with van der Waals surface area (Å²) in [5.74, 6) is 1.75. The van der Waals surface area contributed by atoms with Gasteiger partial charge in [0.25, 0.3) is 0 Å². The van der Waals surface area contributed by atoms with Crippen LogP contribution in [-0.4, -0.2) is 36.5 Å². The molecule has 0 radical (unpaired) electrons. The predicted octanol–water partition coefficient (Wildman–Crippen LogP) is 1.50. The van der Waals surface area contributed by atoms with Gasteiger partial charge in [0.2, 0.25) is 5.91 Å². The first kappa shape index (κ1) is 14.3. The van der Waals surface area contributed by atoms with Gasteiger partial charge in [-0.1, -0.05) is 6.07 Å². The Morgan fingerprint density at radius 2 is 2.42 bits per heavy atom. The summed E-state index contributed by atoms with van der Waals surface area (Å²) in [6, 6.07) is 4.69. The molecule has 0 saturated carbocycles. The molecule has 1 amide bonds. The molecule has 1 aliphatic heterocycles. The molecule has 1 saturated heterocycles. The fraction of sp³-hybridized carbons (Fsp3) is 0.500. The number of hydrogen-bond acceptors (Lipinski definition) is 3. The molecule has 0 aliphatic carbocycles. The molecule has 1 fully saturated rings. The van der Waals surface area contributed by atoms with Gasteiger partial charge >= 0.3 is 0 Å². The van der Waals surface area contributed by atoms with E-state index in [0.29, 0.717) is 6.54 Å². The SMILES string of the molecule is Cc1cc(F)ccc1CCNC(=O)C1CSCCN1. The Morgan fingerprint density at radius 1 is 1.58 bits per heavy atom. The van der Waals surface area contributed by atoms with E-state index in [9.17, 15) is 9.18 Å². The van der Waals surface area contributed by atoms with E-state index >= 15 is 0 Å². The van der Waals surface area contributed by atoms with Gasteiger partial charge in [0.1, 0.15) is 5.82 Å². The highest BCUT2D eigenvalue weighted by Gasteiger charge is 2.20. The van der Waals surface area contributed by atoms with E-state index < -0.39 is 0 Å². The van der Waals surface area contributed by atoms with Crippen molar-refractivity contribution in [2.24, 2.45) is 0 Å². The van der Waals surface area contributed by atoms with Crippen LogP contribution in [0.25, 0.3) is 0 Å². The van der Waals surface area contributed by atoms with Gasteiger partial charge in [-0.3, -0.25) is 4.79 Å². The van der Waals surface area contributed by atoms with Crippen LogP contribution >= 0.6 is 11.8 Å². The highest BCUT2D eigenvalue weighted by atomic mass is 32.2. The third kappa shape index (κ3) is 4.21. The van der Waals surface area contributed by atoms with Crippen molar-refractivity contribution < 1.29 is 9.18 Å². The number of aryl methyl sites for hydroxylation is 1. The summed E-state index contributed by atoms with van der Waals surface area (Å²) >= 11 is 1.80. The van der Waals surface area contributed by atoms with Crippen molar-refractivity contribution in [3.05, 3.63) is 35.1 Å². The number of nitrogens with one attached hydrogen (secondary N) is 2. The summed E-state index contributed by atoms with van der Waals surface area (Å²) in [6.07, 6.45) is 0.734. The molecule has 3 nitrogen and oxygen atoms in total. The van der Waals surface area contributed by atoms with Gasteiger partial charge in [-0.25, -0.2) is 4.39 Å². The van der Waals surface area contributed by atoms with Crippen LogP contribution in [0.5, 0.6) is 0 Å². The summed E-state index contributed by atoms with van der Waals surface area (Å²) in [6.45, 7) is 3.37. The Morgan fingerprint density at radius 3 is 3.11 bits per heavy atom. The van der Waals surface area contributed by atoms with E-state index in [1.165, 1.54) is 12.1 Å². The fourth-order valence-electron chi connectivity index (χ4n) is 2.12. The third-order valence-corrected chi connectivity index (χ3v) is 4.30. The molecule has 1 unspecified atom stereocenters. The van der Waals surface area contributed by atoms with Crippen LogP contribution in [0.15, 0.2) is 18.2 Å². The number of carbonyl (C=O) groups excluding carboxylic acids is 1. The maximum Gasteiger partial charge on any atom is 0.238 e. The standard InChI is InChI=1S/C14H19FN2OS/c1-10-8-12(15)3-2-11(10)4-5-17-14(18)13-9-19-7-6-16-13/h2-3,8,13,16H,4-7,9H2,1H3,(H,17,18). The molecule has 1 aliphatic rings. The molecule has 0 aromatic heterocycles. The molecule has 104 valence electrons.